The number of methoxy groups -OCH3 is 1. The van der Waals surface area contributed by atoms with E-state index in [1.807, 2.05) is 35.2 Å². The molecule has 6 heteroatoms. The highest BCUT2D eigenvalue weighted by Crippen LogP contribution is 2.24. The molecule has 0 aromatic heterocycles. The molecule has 0 aliphatic carbocycles. The average Bonchev–Trinajstić information content (AvgIpc) is 2.62. The molecular formula is C19H22ClFN2O2. The van der Waals surface area contributed by atoms with Gasteiger partial charge in [0, 0.05) is 19.6 Å². The number of ether oxygens (including phenoxy) is 1. The second kappa shape index (κ2) is 8.83. The monoisotopic (exact) mass is 364 g/mol. The van der Waals surface area contributed by atoms with Crippen LogP contribution in [0.5, 0.6) is 5.75 Å². The molecule has 1 aliphatic heterocycles. The van der Waals surface area contributed by atoms with Crippen molar-refractivity contribution < 1.29 is 13.9 Å². The van der Waals surface area contributed by atoms with Crippen molar-refractivity contribution in [3.05, 3.63) is 65.5 Å². The Balaban J connectivity index is 0.00000225. The molecule has 1 aliphatic rings. The number of nitrogens with one attached hydrogen (secondary N) is 1. The Morgan fingerprint density at radius 2 is 2.08 bits per heavy atom. The van der Waals surface area contributed by atoms with E-state index in [1.165, 1.54) is 12.1 Å². The third-order valence-corrected chi connectivity index (χ3v) is 4.29. The lowest BCUT2D eigenvalue weighted by atomic mass is 10.0. The van der Waals surface area contributed by atoms with Crippen LogP contribution >= 0.6 is 12.4 Å². The average molecular weight is 365 g/mol. The van der Waals surface area contributed by atoms with Gasteiger partial charge in [-0.3, -0.25) is 4.79 Å². The summed E-state index contributed by atoms with van der Waals surface area (Å²) in [4.78, 5) is 14.6. The van der Waals surface area contributed by atoms with E-state index in [-0.39, 0.29) is 30.2 Å². The summed E-state index contributed by atoms with van der Waals surface area (Å²) in [5.74, 6) is 0.500. The summed E-state index contributed by atoms with van der Waals surface area (Å²) in [6.45, 7) is 1.99. The highest BCUT2D eigenvalue weighted by molar-refractivity contribution is 5.85. The smallest absolute Gasteiger partial charge is 0.227 e. The standard InChI is InChI=1S/C19H21FN2O2.ClH/c1-24-17-7-2-4-14(10-17)11-19(23)22-9-8-21-13-18(22)15-5-3-6-16(20)12-15;/h2-7,10,12,18,21H,8-9,11,13H2,1H3;1H. The minimum absolute atomic E-state index is 0. The van der Waals surface area contributed by atoms with Crippen LogP contribution in [-0.4, -0.2) is 37.6 Å². The van der Waals surface area contributed by atoms with E-state index in [0.717, 1.165) is 23.4 Å². The molecule has 0 saturated carbocycles. The Bertz CT molecular complexity index is 726. The van der Waals surface area contributed by atoms with Crippen LogP contribution in [0.1, 0.15) is 17.2 Å². The first-order chi connectivity index (χ1) is 11.7. The molecule has 3 rings (SSSR count). The fourth-order valence-electron chi connectivity index (χ4n) is 3.07. The quantitative estimate of drug-likeness (QED) is 0.906. The Labute approximate surface area is 153 Å². The number of carbonyl (C=O) groups is 1. The highest BCUT2D eigenvalue weighted by Gasteiger charge is 2.28. The van der Waals surface area contributed by atoms with Crippen molar-refractivity contribution in [1.29, 1.82) is 0 Å². The third kappa shape index (κ3) is 4.71. The topological polar surface area (TPSA) is 41.6 Å². The van der Waals surface area contributed by atoms with Crippen molar-refractivity contribution >= 4 is 18.3 Å². The maximum absolute atomic E-state index is 13.5. The number of piperazine rings is 1. The molecule has 1 unspecified atom stereocenters. The van der Waals surface area contributed by atoms with Gasteiger partial charge in [0.1, 0.15) is 11.6 Å². The summed E-state index contributed by atoms with van der Waals surface area (Å²) in [7, 11) is 1.61. The number of halogens is 2. The van der Waals surface area contributed by atoms with E-state index in [0.29, 0.717) is 19.5 Å². The molecule has 25 heavy (non-hydrogen) atoms. The summed E-state index contributed by atoms with van der Waals surface area (Å²) in [5.41, 5.74) is 1.73. The lowest BCUT2D eigenvalue weighted by Crippen LogP contribution is -2.49. The SMILES string of the molecule is COc1cccc(CC(=O)N2CCNCC2c2cccc(F)c2)c1.Cl. The van der Waals surface area contributed by atoms with Crippen LogP contribution in [0, 0.1) is 5.82 Å². The van der Waals surface area contributed by atoms with Gasteiger partial charge in [-0.15, -0.1) is 12.4 Å². The van der Waals surface area contributed by atoms with Gasteiger partial charge in [0.25, 0.3) is 0 Å². The zero-order valence-corrected chi connectivity index (χ0v) is 14.9. The minimum atomic E-state index is -0.279. The molecule has 1 fully saturated rings. The van der Waals surface area contributed by atoms with Crippen LogP contribution in [0.15, 0.2) is 48.5 Å². The van der Waals surface area contributed by atoms with Crippen LogP contribution < -0.4 is 10.1 Å². The predicted molar refractivity (Wildman–Crippen MR) is 97.7 cm³/mol. The van der Waals surface area contributed by atoms with Crippen molar-refractivity contribution in [2.24, 2.45) is 0 Å². The second-order valence-electron chi connectivity index (χ2n) is 5.89. The van der Waals surface area contributed by atoms with Gasteiger partial charge < -0.3 is 15.0 Å². The molecule has 0 bridgehead atoms. The molecule has 1 amide bonds. The summed E-state index contributed by atoms with van der Waals surface area (Å²) < 4.78 is 18.8. The van der Waals surface area contributed by atoms with Gasteiger partial charge in [-0.1, -0.05) is 24.3 Å². The van der Waals surface area contributed by atoms with E-state index in [2.05, 4.69) is 5.32 Å². The Morgan fingerprint density at radius 1 is 1.28 bits per heavy atom. The first-order valence-electron chi connectivity index (χ1n) is 8.06. The summed E-state index contributed by atoms with van der Waals surface area (Å²) >= 11 is 0. The fraction of sp³-hybridized carbons (Fsp3) is 0.316. The molecule has 2 aromatic rings. The van der Waals surface area contributed by atoms with Gasteiger partial charge in [0.15, 0.2) is 0 Å². The second-order valence-corrected chi connectivity index (χ2v) is 5.89. The Morgan fingerprint density at radius 3 is 2.84 bits per heavy atom. The summed E-state index contributed by atoms with van der Waals surface area (Å²) in [6.07, 6.45) is 0.309. The highest BCUT2D eigenvalue weighted by atomic mass is 35.5. The maximum Gasteiger partial charge on any atom is 0.227 e. The summed E-state index contributed by atoms with van der Waals surface area (Å²) in [5, 5.41) is 3.28. The van der Waals surface area contributed by atoms with Crippen LogP contribution in [0.4, 0.5) is 4.39 Å². The Hall–Kier alpha value is -2.11. The number of rotatable bonds is 4. The van der Waals surface area contributed by atoms with Gasteiger partial charge in [-0.05, 0) is 35.4 Å². The molecule has 2 aromatic carbocycles. The maximum atomic E-state index is 13.5. The van der Waals surface area contributed by atoms with Crippen molar-refractivity contribution in [3.63, 3.8) is 0 Å². The predicted octanol–water partition coefficient (Wildman–Crippen LogP) is 2.97. The molecule has 134 valence electrons. The summed E-state index contributed by atoms with van der Waals surface area (Å²) in [6, 6.07) is 13.9. The number of amides is 1. The molecule has 0 radical (unpaired) electrons. The lowest BCUT2D eigenvalue weighted by molar-refractivity contribution is -0.133. The van der Waals surface area contributed by atoms with Gasteiger partial charge >= 0.3 is 0 Å². The van der Waals surface area contributed by atoms with Crippen molar-refractivity contribution in [2.45, 2.75) is 12.5 Å². The fourth-order valence-corrected chi connectivity index (χ4v) is 3.07. The van der Waals surface area contributed by atoms with Crippen LogP contribution in [-0.2, 0) is 11.2 Å². The van der Waals surface area contributed by atoms with Gasteiger partial charge in [-0.2, -0.15) is 0 Å². The third-order valence-electron chi connectivity index (χ3n) is 4.29. The van der Waals surface area contributed by atoms with E-state index >= 15 is 0 Å². The van der Waals surface area contributed by atoms with Gasteiger partial charge in [0.2, 0.25) is 5.91 Å². The zero-order chi connectivity index (χ0) is 16.9. The van der Waals surface area contributed by atoms with E-state index in [9.17, 15) is 9.18 Å². The number of hydrogen-bond donors (Lipinski definition) is 1. The van der Waals surface area contributed by atoms with Crippen molar-refractivity contribution in [1.82, 2.24) is 10.2 Å². The number of benzene rings is 2. The molecular weight excluding hydrogens is 343 g/mol. The number of nitrogens with zero attached hydrogens (tertiary/aromatic N) is 1. The molecule has 1 saturated heterocycles. The zero-order valence-electron chi connectivity index (χ0n) is 14.1. The van der Waals surface area contributed by atoms with Gasteiger partial charge in [0.05, 0.1) is 19.6 Å². The normalized spacial score (nSPS) is 16.9. The minimum Gasteiger partial charge on any atom is -0.497 e. The lowest BCUT2D eigenvalue weighted by Gasteiger charge is -2.36. The van der Waals surface area contributed by atoms with Crippen molar-refractivity contribution in [3.8, 4) is 5.75 Å². The van der Waals surface area contributed by atoms with E-state index < -0.39 is 0 Å². The Kier molecular flexibility index (Phi) is 6.79. The van der Waals surface area contributed by atoms with E-state index in [4.69, 9.17) is 4.74 Å². The number of carbonyl (C=O) groups excluding carboxylic acids is 1. The van der Waals surface area contributed by atoms with Crippen LogP contribution in [0.2, 0.25) is 0 Å². The molecule has 1 atom stereocenters. The first-order valence-corrected chi connectivity index (χ1v) is 8.06. The molecule has 0 spiro atoms. The number of hydrogen-bond acceptors (Lipinski definition) is 3. The van der Waals surface area contributed by atoms with E-state index in [1.54, 1.807) is 13.2 Å². The molecule has 4 nitrogen and oxygen atoms in total. The largest absolute Gasteiger partial charge is 0.497 e. The van der Waals surface area contributed by atoms with Crippen molar-refractivity contribution in [2.75, 3.05) is 26.7 Å². The molecule has 1 N–H and O–H groups in total. The molecule has 1 heterocycles. The van der Waals surface area contributed by atoms with Gasteiger partial charge in [-0.25, -0.2) is 4.39 Å². The first kappa shape index (κ1) is 19.2. The van der Waals surface area contributed by atoms with Crippen LogP contribution in [0.3, 0.4) is 0 Å². The van der Waals surface area contributed by atoms with Crippen LogP contribution in [0.25, 0.3) is 0 Å².